The van der Waals surface area contributed by atoms with E-state index in [9.17, 15) is 4.79 Å². The molecule has 0 aromatic heterocycles. The van der Waals surface area contributed by atoms with Crippen molar-refractivity contribution in [1.82, 2.24) is 0 Å². The maximum absolute atomic E-state index is 12.2. The zero-order chi connectivity index (χ0) is 15.1. The molecule has 0 bridgehead atoms. The lowest BCUT2D eigenvalue weighted by molar-refractivity contribution is -0.116. The quantitative estimate of drug-likeness (QED) is 0.650. The van der Waals surface area contributed by atoms with Gasteiger partial charge in [-0.15, -0.1) is 0 Å². The summed E-state index contributed by atoms with van der Waals surface area (Å²) in [7, 11) is 0. The van der Waals surface area contributed by atoms with Gasteiger partial charge in [0.2, 0.25) is 5.91 Å². The van der Waals surface area contributed by atoms with Crippen LogP contribution in [0.15, 0.2) is 65.1 Å². The number of benzene rings is 3. The molecular weight excluding hydrogens is 338 g/mol. The van der Waals surface area contributed by atoms with Crippen LogP contribution in [0.4, 0.5) is 5.69 Å². The van der Waals surface area contributed by atoms with Gasteiger partial charge in [-0.25, -0.2) is 0 Å². The van der Waals surface area contributed by atoms with E-state index >= 15 is 0 Å². The lowest BCUT2D eigenvalue weighted by Crippen LogP contribution is -2.23. The van der Waals surface area contributed by atoms with Crippen molar-refractivity contribution >= 4 is 38.3 Å². The largest absolute Gasteiger partial charge is 0.325 e. The first kappa shape index (κ1) is 13.5. The van der Waals surface area contributed by atoms with Gasteiger partial charge in [0.1, 0.15) is 0 Å². The molecule has 0 aliphatic carbocycles. The molecule has 1 aliphatic rings. The highest BCUT2D eigenvalue weighted by Crippen LogP contribution is 2.41. The number of carbonyl (C=O) groups excluding carboxylic acids is 1. The van der Waals surface area contributed by atoms with Crippen molar-refractivity contribution in [2.24, 2.45) is 0 Å². The summed E-state index contributed by atoms with van der Waals surface area (Å²) < 4.78 is 1.04. The number of fused-ring (bicyclic) bond motifs is 3. The third-order valence-electron chi connectivity index (χ3n) is 4.24. The van der Waals surface area contributed by atoms with Crippen LogP contribution in [0.25, 0.3) is 10.8 Å². The Hall–Kier alpha value is -2.13. The fraction of sp³-hybridized carbons (Fsp3) is 0.105. The molecule has 0 saturated heterocycles. The fourth-order valence-electron chi connectivity index (χ4n) is 3.22. The minimum Gasteiger partial charge on any atom is -0.325 e. The first-order valence-corrected chi connectivity index (χ1v) is 8.08. The lowest BCUT2D eigenvalue weighted by atomic mass is 9.83. The van der Waals surface area contributed by atoms with Crippen molar-refractivity contribution in [1.29, 1.82) is 0 Å². The monoisotopic (exact) mass is 351 g/mol. The highest BCUT2D eigenvalue weighted by Gasteiger charge is 2.27. The molecule has 3 aromatic carbocycles. The summed E-state index contributed by atoms with van der Waals surface area (Å²) in [4.78, 5) is 12.2. The average Bonchev–Trinajstić information content (AvgIpc) is 2.54. The smallest absolute Gasteiger partial charge is 0.225 e. The maximum atomic E-state index is 12.2. The van der Waals surface area contributed by atoms with Crippen LogP contribution < -0.4 is 5.32 Å². The number of hydrogen-bond acceptors (Lipinski definition) is 1. The number of rotatable bonds is 1. The van der Waals surface area contributed by atoms with Crippen LogP contribution in [-0.2, 0) is 4.79 Å². The second-order valence-electron chi connectivity index (χ2n) is 5.61. The van der Waals surface area contributed by atoms with Gasteiger partial charge in [-0.05, 0) is 28.6 Å². The molecule has 0 spiro atoms. The lowest BCUT2D eigenvalue weighted by Gasteiger charge is -2.27. The van der Waals surface area contributed by atoms with Gasteiger partial charge in [0.15, 0.2) is 0 Å². The Morgan fingerprint density at radius 1 is 1.00 bits per heavy atom. The average molecular weight is 352 g/mol. The molecule has 0 saturated carbocycles. The van der Waals surface area contributed by atoms with Crippen molar-refractivity contribution in [2.45, 2.75) is 12.3 Å². The molecule has 3 heteroatoms. The molecule has 3 aromatic rings. The van der Waals surface area contributed by atoms with Gasteiger partial charge in [-0.3, -0.25) is 4.79 Å². The highest BCUT2D eigenvalue weighted by atomic mass is 79.9. The van der Waals surface area contributed by atoms with E-state index in [1.807, 2.05) is 24.3 Å². The Kier molecular flexibility index (Phi) is 3.23. The number of halogens is 1. The predicted molar refractivity (Wildman–Crippen MR) is 93.2 cm³/mol. The number of nitrogens with one attached hydrogen (secondary N) is 1. The SMILES string of the molecule is O=C1C[C@H](c2cccc(Br)c2)c2ccc3ccccc3c2N1. The summed E-state index contributed by atoms with van der Waals surface area (Å²) in [6, 6.07) is 20.7. The Morgan fingerprint density at radius 2 is 1.86 bits per heavy atom. The van der Waals surface area contributed by atoms with E-state index in [0.717, 1.165) is 20.9 Å². The molecule has 0 unspecified atom stereocenters. The molecule has 22 heavy (non-hydrogen) atoms. The van der Waals surface area contributed by atoms with Crippen LogP contribution >= 0.6 is 15.9 Å². The molecule has 2 nitrogen and oxygen atoms in total. The second kappa shape index (κ2) is 5.25. The van der Waals surface area contributed by atoms with Crippen LogP contribution in [-0.4, -0.2) is 5.91 Å². The molecule has 1 aliphatic heterocycles. The van der Waals surface area contributed by atoms with Gasteiger partial charge in [0, 0.05) is 22.2 Å². The topological polar surface area (TPSA) is 29.1 Å². The third-order valence-corrected chi connectivity index (χ3v) is 4.73. The van der Waals surface area contributed by atoms with Crippen LogP contribution in [0.5, 0.6) is 0 Å². The van der Waals surface area contributed by atoms with Crippen LogP contribution in [0, 0.1) is 0 Å². The zero-order valence-corrected chi connectivity index (χ0v) is 13.4. The van der Waals surface area contributed by atoms with Crippen LogP contribution in [0.3, 0.4) is 0 Å². The van der Waals surface area contributed by atoms with Crippen molar-refractivity contribution in [3.8, 4) is 0 Å². The van der Waals surface area contributed by atoms with Crippen molar-refractivity contribution in [3.05, 3.63) is 76.3 Å². The van der Waals surface area contributed by atoms with E-state index in [2.05, 4.69) is 57.6 Å². The minimum absolute atomic E-state index is 0.0776. The first-order chi connectivity index (χ1) is 10.7. The van der Waals surface area contributed by atoms with Crippen molar-refractivity contribution in [3.63, 3.8) is 0 Å². The minimum atomic E-state index is 0.0776. The summed E-state index contributed by atoms with van der Waals surface area (Å²) in [6.07, 6.45) is 0.488. The molecule has 4 rings (SSSR count). The van der Waals surface area contributed by atoms with Gasteiger partial charge in [0.05, 0.1) is 5.69 Å². The Balaban J connectivity index is 1.94. The standard InChI is InChI=1S/C19H14BrNO/c20-14-6-3-5-13(10-14)17-11-18(22)21-19-15-7-2-1-4-12(15)8-9-16(17)19/h1-10,17H,11H2,(H,21,22)/t17-/m1/s1. The van der Waals surface area contributed by atoms with E-state index in [4.69, 9.17) is 0 Å². The molecule has 0 radical (unpaired) electrons. The zero-order valence-electron chi connectivity index (χ0n) is 11.8. The molecule has 108 valence electrons. The van der Waals surface area contributed by atoms with Gasteiger partial charge < -0.3 is 5.32 Å². The van der Waals surface area contributed by atoms with E-state index in [1.54, 1.807) is 0 Å². The van der Waals surface area contributed by atoms with E-state index in [1.165, 1.54) is 11.1 Å². The summed E-state index contributed by atoms with van der Waals surface area (Å²) in [5, 5.41) is 5.32. The van der Waals surface area contributed by atoms with Gasteiger partial charge >= 0.3 is 0 Å². The predicted octanol–water partition coefficient (Wildman–Crippen LogP) is 5.08. The summed E-state index contributed by atoms with van der Waals surface area (Å²) in [5.41, 5.74) is 3.32. The Bertz CT molecular complexity index is 887. The van der Waals surface area contributed by atoms with Gasteiger partial charge in [-0.1, -0.05) is 64.5 Å². The number of amides is 1. The first-order valence-electron chi connectivity index (χ1n) is 7.29. The highest BCUT2D eigenvalue weighted by molar-refractivity contribution is 9.10. The van der Waals surface area contributed by atoms with Gasteiger partial charge in [-0.2, -0.15) is 0 Å². The molecule has 1 atom stereocenters. The van der Waals surface area contributed by atoms with Crippen molar-refractivity contribution < 1.29 is 4.79 Å². The molecule has 1 heterocycles. The number of anilines is 1. The van der Waals surface area contributed by atoms with Gasteiger partial charge in [0.25, 0.3) is 0 Å². The van der Waals surface area contributed by atoms with Crippen molar-refractivity contribution in [2.75, 3.05) is 5.32 Å². The molecule has 1 N–H and O–H groups in total. The van der Waals surface area contributed by atoms with Crippen LogP contribution in [0.1, 0.15) is 23.5 Å². The molecule has 1 amide bonds. The Labute approximate surface area is 137 Å². The normalized spacial score (nSPS) is 17.1. The maximum Gasteiger partial charge on any atom is 0.225 e. The molecular formula is C19H14BrNO. The number of carbonyl (C=O) groups is 1. The fourth-order valence-corrected chi connectivity index (χ4v) is 3.64. The van der Waals surface area contributed by atoms with E-state index < -0.39 is 0 Å². The summed E-state index contributed by atoms with van der Waals surface area (Å²) in [6.45, 7) is 0. The molecule has 0 fully saturated rings. The summed E-state index contributed by atoms with van der Waals surface area (Å²) in [5.74, 6) is 0.180. The van der Waals surface area contributed by atoms with Crippen LogP contribution in [0.2, 0.25) is 0 Å². The van der Waals surface area contributed by atoms with E-state index in [-0.39, 0.29) is 11.8 Å². The summed E-state index contributed by atoms with van der Waals surface area (Å²) >= 11 is 3.52. The second-order valence-corrected chi connectivity index (χ2v) is 6.53. The van der Waals surface area contributed by atoms with E-state index in [0.29, 0.717) is 6.42 Å². The third kappa shape index (κ3) is 2.22. The Morgan fingerprint density at radius 3 is 2.73 bits per heavy atom. The number of hydrogen-bond donors (Lipinski definition) is 1.